The Labute approximate surface area is 129 Å². The minimum Gasteiger partial charge on any atom is -0.370 e. The zero-order chi connectivity index (χ0) is 16.8. The van der Waals surface area contributed by atoms with Gasteiger partial charge in [0.2, 0.25) is 0 Å². The number of sulfonamides is 1. The Balaban J connectivity index is 2.59. The van der Waals surface area contributed by atoms with Crippen LogP contribution in [0.1, 0.15) is 18.4 Å². The van der Waals surface area contributed by atoms with E-state index in [9.17, 15) is 13.2 Å². The van der Waals surface area contributed by atoms with Crippen LogP contribution in [0.5, 0.6) is 0 Å². The van der Waals surface area contributed by atoms with Crippen LogP contribution in [0.4, 0.5) is 0 Å². The van der Waals surface area contributed by atoms with E-state index in [4.69, 9.17) is 17.2 Å². The van der Waals surface area contributed by atoms with E-state index in [1.54, 1.807) is 12.1 Å². The van der Waals surface area contributed by atoms with Crippen LogP contribution in [0.15, 0.2) is 34.2 Å². The highest BCUT2D eigenvalue weighted by Gasteiger charge is 2.21. The van der Waals surface area contributed by atoms with Gasteiger partial charge in [-0.25, -0.2) is 13.1 Å². The van der Waals surface area contributed by atoms with Gasteiger partial charge in [0.05, 0.1) is 10.9 Å². The molecule has 0 radical (unpaired) electrons. The van der Waals surface area contributed by atoms with E-state index >= 15 is 0 Å². The highest BCUT2D eigenvalue weighted by Crippen LogP contribution is 2.10. The third-order valence-corrected chi connectivity index (χ3v) is 4.23. The smallest absolute Gasteiger partial charge is 0.264 e. The summed E-state index contributed by atoms with van der Waals surface area (Å²) in [6, 6.07) is 5.20. The number of aliphatic imine (C=N–C) groups is 1. The Hall–Kier alpha value is -2.13. The maximum Gasteiger partial charge on any atom is 0.264 e. The summed E-state index contributed by atoms with van der Waals surface area (Å²) in [5, 5.41) is 0. The molecule has 0 spiro atoms. The molecule has 1 aromatic rings. The number of hydrogen-bond donors (Lipinski definition) is 4. The van der Waals surface area contributed by atoms with Crippen LogP contribution in [-0.2, 0) is 14.8 Å². The monoisotopic (exact) mass is 327 g/mol. The zero-order valence-corrected chi connectivity index (χ0v) is 13.1. The minimum absolute atomic E-state index is 0.0131. The second-order valence-corrected chi connectivity index (χ2v) is 6.52. The number of benzene rings is 1. The third-order valence-electron chi connectivity index (χ3n) is 2.87. The molecule has 1 amide bonds. The molecule has 0 saturated heterocycles. The Kier molecular flexibility index (Phi) is 6.32. The number of aryl methyl sites for hydroxylation is 1. The molecule has 22 heavy (non-hydrogen) atoms. The molecule has 0 bridgehead atoms. The lowest BCUT2D eigenvalue weighted by molar-refractivity contribution is -0.120. The predicted molar refractivity (Wildman–Crippen MR) is 84.4 cm³/mol. The van der Waals surface area contributed by atoms with Crippen molar-refractivity contribution in [2.24, 2.45) is 22.2 Å². The summed E-state index contributed by atoms with van der Waals surface area (Å²) in [5.74, 6) is -0.801. The van der Waals surface area contributed by atoms with Crippen LogP contribution in [0.25, 0.3) is 0 Å². The van der Waals surface area contributed by atoms with Crippen molar-refractivity contribution in [1.29, 1.82) is 0 Å². The molecule has 0 aliphatic heterocycles. The molecule has 0 fully saturated rings. The third kappa shape index (κ3) is 5.70. The van der Waals surface area contributed by atoms with Gasteiger partial charge in [-0.05, 0) is 31.9 Å². The highest BCUT2D eigenvalue weighted by molar-refractivity contribution is 7.90. The van der Waals surface area contributed by atoms with Gasteiger partial charge in [-0.1, -0.05) is 17.7 Å². The Morgan fingerprint density at radius 2 is 1.86 bits per heavy atom. The van der Waals surface area contributed by atoms with Crippen LogP contribution in [0.2, 0.25) is 0 Å². The molecule has 122 valence electrons. The van der Waals surface area contributed by atoms with Gasteiger partial charge in [-0.2, -0.15) is 0 Å². The zero-order valence-electron chi connectivity index (χ0n) is 12.3. The van der Waals surface area contributed by atoms with Crippen molar-refractivity contribution in [2.45, 2.75) is 30.7 Å². The number of nitrogens with two attached hydrogens (primary N) is 3. The summed E-state index contributed by atoms with van der Waals surface area (Å²) in [7, 11) is -3.91. The lowest BCUT2D eigenvalue weighted by Gasteiger charge is -2.12. The van der Waals surface area contributed by atoms with Gasteiger partial charge in [0.15, 0.2) is 5.96 Å². The first kappa shape index (κ1) is 17.9. The first-order valence-corrected chi connectivity index (χ1v) is 8.15. The van der Waals surface area contributed by atoms with Crippen molar-refractivity contribution in [2.75, 3.05) is 6.54 Å². The predicted octanol–water partition coefficient (Wildman–Crippen LogP) is -0.819. The topological polar surface area (TPSA) is 154 Å². The number of rotatable bonds is 7. The van der Waals surface area contributed by atoms with Gasteiger partial charge >= 0.3 is 0 Å². The molecular weight excluding hydrogens is 306 g/mol. The molecule has 0 heterocycles. The molecule has 9 heteroatoms. The lowest BCUT2D eigenvalue weighted by Crippen LogP contribution is -2.43. The number of nitrogens with zero attached hydrogens (tertiary/aromatic N) is 1. The molecule has 7 N–H and O–H groups in total. The molecule has 0 unspecified atom stereocenters. The Bertz CT molecular complexity index is 636. The van der Waals surface area contributed by atoms with Crippen molar-refractivity contribution < 1.29 is 13.2 Å². The van der Waals surface area contributed by atoms with Gasteiger partial charge in [-0.15, -0.1) is 0 Å². The molecular formula is C13H21N5O3S. The summed E-state index contributed by atoms with van der Waals surface area (Å²) in [5.41, 5.74) is 16.9. The summed E-state index contributed by atoms with van der Waals surface area (Å²) in [6.45, 7) is 2.16. The summed E-state index contributed by atoms with van der Waals surface area (Å²) in [4.78, 5) is 15.6. The fraction of sp³-hybridized carbons (Fsp3) is 0.385. The summed E-state index contributed by atoms with van der Waals surface area (Å²) < 4.78 is 26.0. The van der Waals surface area contributed by atoms with E-state index in [-0.39, 0.29) is 17.3 Å². The normalized spacial score (nSPS) is 12.5. The number of carbonyl (C=O) groups excluding carboxylic acids is 1. The van der Waals surface area contributed by atoms with E-state index < -0.39 is 22.0 Å². The van der Waals surface area contributed by atoms with E-state index in [0.717, 1.165) is 5.56 Å². The number of hydrogen-bond acceptors (Lipinski definition) is 5. The van der Waals surface area contributed by atoms with E-state index in [0.29, 0.717) is 13.0 Å². The number of nitrogens with one attached hydrogen (secondary N) is 1. The summed E-state index contributed by atoms with van der Waals surface area (Å²) >= 11 is 0. The summed E-state index contributed by atoms with van der Waals surface area (Å²) in [6.07, 6.45) is 0.739. The average Bonchev–Trinajstić information content (AvgIpc) is 2.43. The fourth-order valence-corrected chi connectivity index (χ4v) is 2.66. The van der Waals surface area contributed by atoms with Crippen LogP contribution in [0.3, 0.4) is 0 Å². The van der Waals surface area contributed by atoms with E-state index in [2.05, 4.69) is 4.99 Å². The average molecular weight is 327 g/mol. The van der Waals surface area contributed by atoms with Crippen LogP contribution >= 0.6 is 0 Å². The second-order valence-electron chi connectivity index (χ2n) is 4.84. The highest BCUT2D eigenvalue weighted by atomic mass is 32.2. The molecule has 0 aromatic heterocycles. The fourth-order valence-electron chi connectivity index (χ4n) is 1.63. The van der Waals surface area contributed by atoms with Crippen molar-refractivity contribution >= 4 is 21.9 Å². The largest absolute Gasteiger partial charge is 0.370 e. The van der Waals surface area contributed by atoms with Crippen molar-refractivity contribution in [3.05, 3.63) is 29.8 Å². The molecule has 0 aliphatic rings. The van der Waals surface area contributed by atoms with Gasteiger partial charge in [0, 0.05) is 6.54 Å². The molecule has 0 aliphatic carbocycles. The molecule has 0 saturated carbocycles. The quantitative estimate of drug-likeness (QED) is 0.291. The maximum atomic E-state index is 12.0. The first-order valence-electron chi connectivity index (χ1n) is 6.66. The van der Waals surface area contributed by atoms with Gasteiger partial charge in [0.1, 0.15) is 0 Å². The Morgan fingerprint density at radius 1 is 1.27 bits per heavy atom. The minimum atomic E-state index is -3.91. The van der Waals surface area contributed by atoms with Gasteiger partial charge in [-0.3, -0.25) is 9.79 Å². The Morgan fingerprint density at radius 3 is 2.41 bits per heavy atom. The number of guanidine groups is 1. The van der Waals surface area contributed by atoms with Crippen LogP contribution < -0.4 is 21.9 Å². The SMILES string of the molecule is Cc1ccc(S(=O)(=O)NC(=O)[C@@H](N)CCCN=C(N)N)cc1. The van der Waals surface area contributed by atoms with E-state index in [1.165, 1.54) is 12.1 Å². The molecule has 1 rings (SSSR count). The van der Waals surface area contributed by atoms with Crippen LogP contribution in [-0.4, -0.2) is 32.9 Å². The first-order chi connectivity index (χ1) is 10.2. The van der Waals surface area contributed by atoms with Gasteiger partial charge < -0.3 is 17.2 Å². The molecule has 1 aromatic carbocycles. The second kappa shape index (κ2) is 7.76. The molecule has 1 atom stereocenters. The van der Waals surface area contributed by atoms with Crippen molar-refractivity contribution in [3.63, 3.8) is 0 Å². The maximum absolute atomic E-state index is 12.0. The standard InChI is InChI=1S/C13H21N5O3S/c1-9-4-6-10(7-5-9)22(20,21)18-12(19)11(14)3-2-8-17-13(15)16/h4-7,11H,2-3,8,14H2,1H3,(H,18,19)(H4,15,16,17)/t11-/m0/s1. The van der Waals surface area contributed by atoms with Crippen molar-refractivity contribution in [3.8, 4) is 0 Å². The number of carbonyl (C=O) groups is 1. The van der Waals surface area contributed by atoms with Crippen molar-refractivity contribution in [1.82, 2.24) is 4.72 Å². The lowest BCUT2D eigenvalue weighted by atomic mass is 10.1. The molecule has 8 nitrogen and oxygen atoms in total. The number of amides is 1. The van der Waals surface area contributed by atoms with Crippen LogP contribution in [0, 0.1) is 6.92 Å². The van der Waals surface area contributed by atoms with Gasteiger partial charge in [0.25, 0.3) is 15.9 Å². The van der Waals surface area contributed by atoms with E-state index in [1.807, 2.05) is 11.6 Å².